The second-order valence-corrected chi connectivity index (χ2v) is 9.25. The lowest BCUT2D eigenvalue weighted by molar-refractivity contribution is -0.163. The molecule has 12 heteroatoms. The van der Waals surface area contributed by atoms with Crippen molar-refractivity contribution in [1.29, 1.82) is 0 Å². The SMILES string of the molecule is NC(=O)c1c(NC(=O)Nc2cccc(SC(F)(F)F)c2)sc2c1CCC1(C2)OCCO1. The number of hydrogen-bond donors (Lipinski definition) is 3. The number of ether oxygens (including phenoxy) is 2. The van der Waals surface area contributed by atoms with Crippen molar-refractivity contribution in [2.45, 2.75) is 35.5 Å². The molecule has 2 heterocycles. The van der Waals surface area contributed by atoms with Crippen LogP contribution in [-0.4, -0.2) is 36.4 Å². The smallest absolute Gasteiger partial charge is 0.365 e. The summed E-state index contributed by atoms with van der Waals surface area (Å²) in [5.74, 6) is -1.37. The standard InChI is InChI=1S/C19H18F3N3O4S2/c20-19(21,22)31-11-3-1-2-10(8-11)24-17(27)25-16-14(15(23)26)12-4-5-18(9-13(12)30-16)28-6-7-29-18/h1-3,8H,4-7,9H2,(H2,23,26)(H2,24,25,27). The lowest BCUT2D eigenvalue weighted by Crippen LogP contribution is -2.36. The summed E-state index contributed by atoms with van der Waals surface area (Å²) >= 11 is 0.940. The molecule has 0 atom stereocenters. The number of carbonyl (C=O) groups excluding carboxylic acids is 2. The zero-order valence-electron chi connectivity index (χ0n) is 16.0. The van der Waals surface area contributed by atoms with Crippen molar-refractivity contribution in [3.63, 3.8) is 0 Å². The van der Waals surface area contributed by atoms with Crippen molar-refractivity contribution in [2.24, 2.45) is 5.73 Å². The molecule has 2 aromatic rings. The third kappa shape index (κ3) is 4.97. The van der Waals surface area contributed by atoms with Crippen molar-refractivity contribution in [2.75, 3.05) is 23.8 Å². The van der Waals surface area contributed by atoms with Crippen LogP contribution < -0.4 is 16.4 Å². The number of benzene rings is 1. The fourth-order valence-corrected chi connectivity index (χ4v) is 5.63. The Labute approximate surface area is 183 Å². The zero-order valence-corrected chi connectivity index (χ0v) is 17.6. The van der Waals surface area contributed by atoms with E-state index in [-0.39, 0.29) is 32.9 Å². The van der Waals surface area contributed by atoms with Gasteiger partial charge in [-0.25, -0.2) is 4.79 Å². The van der Waals surface area contributed by atoms with Crippen LogP contribution >= 0.6 is 23.1 Å². The summed E-state index contributed by atoms with van der Waals surface area (Å²) in [6, 6.07) is 4.68. The Kier molecular flexibility index (Phi) is 5.90. The molecule has 1 aliphatic heterocycles. The molecule has 4 N–H and O–H groups in total. The maximum absolute atomic E-state index is 12.6. The molecule has 1 aromatic heterocycles. The first-order valence-electron chi connectivity index (χ1n) is 9.30. The normalized spacial score (nSPS) is 17.4. The van der Waals surface area contributed by atoms with Crippen molar-refractivity contribution in [3.05, 3.63) is 40.3 Å². The molecule has 2 aliphatic rings. The van der Waals surface area contributed by atoms with Gasteiger partial charge in [-0.05, 0) is 41.9 Å². The third-order valence-corrected chi connectivity index (χ3v) is 6.76. The molecular formula is C19H18F3N3O4S2. The van der Waals surface area contributed by atoms with Gasteiger partial charge in [0.15, 0.2) is 5.79 Å². The Balaban J connectivity index is 1.50. The van der Waals surface area contributed by atoms with Crippen LogP contribution in [0.5, 0.6) is 0 Å². The van der Waals surface area contributed by atoms with Gasteiger partial charge in [0.2, 0.25) is 0 Å². The number of primary amides is 1. The minimum Gasteiger partial charge on any atom is -0.365 e. The summed E-state index contributed by atoms with van der Waals surface area (Å²) in [5.41, 5.74) is 2.31. The number of thioether (sulfide) groups is 1. The van der Waals surface area contributed by atoms with E-state index in [0.29, 0.717) is 32.5 Å². The zero-order chi connectivity index (χ0) is 22.2. The number of nitrogens with one attached hydrogen (secondary N) is 2. The van der Waals surface area contributed by atoms with E-state index in [9.17, 15) is 22.8 Å². The lowest BCUT2D eigenvalue weighted by Gasteiger charge is -2.31. The van der Waals surface area contributed by atoms with Gasteiger partial charge in [0.05, 0.1) is 18.8 Å². The number of rotatable bonds is 4. The molecule has 0 unspecified atom stereocenters. The molecule has 31 heavy (non-hydrogen) atoms. The van der Waals surface area contributed by atoms with E-state index >= 15 is 0 Å². The predicted octanol–water partition coefficient (Wildman–Crippen LogP) is 4.33. The van der Waals surface area contributed by atoms with Gasteiger partial charge in [-0.1, -0.05) is 6.07 Å². The number of thiophene rings is 1. The number of amides is 3. The quantitative estimate of drug-likeness (QED) is 0.574. The summed E-state index contributed by atoms with van der Waals surface area (Å²) in [5, 5.41) is 5.37. The first kappa shape index (κ1) is 21.9. The average molecular weight is 473 g/mol. The molecule has 1 aliphatic carbocycles. The fraction of sp³-hybridized carbons (Fsp3) is 0.368. The maximum atomic E-state index is 12.6. The molecule has 1 spiro atoms. The molecule has 0 bridgehead atoms. The molecule has 0 saturated carbocycles. The fourth-order valence-electron chi connectivity index (χ4n) is 3.70. The largest absolute Gasteiger partial charge is 0.446 e. The van der Waals surface area contributed by atoms with E-state index in [0.717, 1.165) is 10.4 Å². The molecule has 1 saturated heterocycles. The second kappa shape index (κ2) is 8.34. The van der Waals surface area contributed by atoms with E-state index in [1.165, 1.54) is 35.6 Å². The van der Waals surface area contributed by atoms with E-state index in [2.05, 4.69) is 10.6 Å². The van der Waals surface area contributed by atoms with E-state index in [1.54, 1.807) is 0 Å². The Morgan fingerprint density at radius 2 is 1.94 bits per heavy atom. The molecule has 166 valence electrons. The third-order valence-electron chi connectivity index (χ3n) is 4.89. The van der Waals surface area contributed by atoms with Crippen LogP contribution in [0.4, 0.5) is 28.7 Å². The number of fused-ring (bicyclic) bond motifs is 1. The highest BCUT2D eigenvalue weighted by molar-refractivity contribution is 8.00. The number of carbonyl (C=O) groups is 2. The molecule has 7 nitrogen and oxygen atoms in total. The molecule has 1 fully saturated rings. The van der Waals surface area contributed by atoms with Gasteiger partial charge in [0, 0.05) is 28.3 Å². The van der Waals surface area contributed by atoms with Gasteiger partial charge >= 0.3 is 11.5 Å². The van der Waals surface area contributed by atoms with Gasteiger partial charge < -0.3 is 20.5 Å². The van der Waals surface area contributed by atoms with Crippen LogP contribution in [0, 0.1) is 0 Å². The van der Waals surface area contributed by atoms with Gasteiger partial charge in [0.25, 0.3) is 5.91 Å². The van der Waals surface area contributed by atoms with Crippen LogP contribution in [0.3, 0.4) is 0 Å². The number of urea groups is 1. The minimum absolute atomic E-state index is 0.0587. The lowest BCUT2D eigenvalue weighted by atomic mass is 9.90. The van der Waals surface area contributed by atoms with Crippen molar-refractivity contribution >= 4 is 45.7 Å². The molecular weight excluding hydrogens is 455 g/mol. The Bertz CT molecular complexity index is 1020. The molecule has 0 radical (unpaired) electrons. The van der Waals surface area contributed by atoms with Gasteiger partial charge in [-0.15, -0.1) is 11.3 Å². The highest BCUT2D eigenvalue weighted by atomic mass is 32.2. The highest BCUT2D eigenvalue weighted by Gasteiger charge is 2.42. The average Bonchev–Trinajstić information content (AvgIpc) is 3.24. The van der Waals surface area contributed by atoms with Gasteiger partial charge in [-0.3, -0.25) is 10.1 Å². The summed E-state index contributed by atoms with van der Waals surface area (Å²) in [6.07, 6.45) is 1.55. The van der Waals surface area contributed by atoms with Crippen molar-refractivity contribution in [1.82, 2.24) is 0 Å². The van der Waals surface area contributed by atoms with E-state index in [4.69, 9.17) is 15.2 Å². The van der Waals surface area contributed by atoms with Crippen LogP contribution in [0.15, 0.2) is 29.2 Å². The van der Waals surface area contributed by atoms with E-state index in [1.807, 2.05) is 0 Å². The van der Waals surface area contributed by atoms with Crippen LogP contribution in [0.25, 0.3) is 0 Å². The number of hydrogen-bond acceptors (Lipinski definition) is 6. The topological polar surface area (TPSA) is 103 Å². The number of nitrogens with two attached hydrogens (primary N) is 1. The summed E-state index contributed by atoms with van der Waals surface area (Å²) < 4.78 is 49.2. The summed E-state index contributed by atoms with van der Waals surface area (Å²) in [4.78, 5) is 25.3. The number of halogens is 3. The van der Waals surface area contributed by atoms with Crippen molar-refractivity contribution in [3.8, 4) is 0 Å². The van der Waals surface area contributed by atoms with Gasteiger partial charge in [0.1, 0.15) is 5.00 Å². The summed E-state index contributed by atoms with van der Waals surface area (Å²) in [6.45, 7) is 1.01. The Morgan fingerprint density at radius 3 is 2.61 bits per heavy atom. The molecule has 1 aromatic carbocycles. The predicted molar refractivity (Wildman–Crippen MR) is 110 cm³/mol. The Hall–Kier alpha value is -2.28. The Morgan fingerprint density at radius 1 is 1.19 bits per heavy atom. The van der Waals surface area contributed by atoms with Gasteiger partial charge in [-0.2, -0.15) is 13.2 Å². The molecule has 4 rings (SSSR count). The first-order valence-corrected chi connectivity index (χ1v) is 10.9. The monoisotopic (exact) mass is 473 g/mol. The maximum Gasteiger partial charge on any atom is 0.446 e. The van der Waals surface area contributed by atoms with E-state index < -0.39 is 23.2 Å². The first-order chi connectivity index (χ1) is 14.6. The minimum atomic E-state index is -4.43. The second-order valence-electron chi connectivity index (χ2n) is 7.01. The van der Waals surface area contributed by atoms with Crippen LogP contribution in [0.2, 0.25) is 0 Å². The summed E-state index contributed by atoms with van der Waals surface area (Å²) in [7, 11) is 0. The van der Waals surface area contributed by atoms with Crippen LogP contribution in [-0.2, 0) is 22.3 Å². The van der Waals surface area contributed by atoms with Crippen molar-refractivity contribution < 1.29 is 32.2 Å². The van der Waals surface area contributed by atoms with Crippen LogP contribution in [0.1, 0.15) is 27.2 Å². The molecule has 3 amide bonds. The number of anilines is 2. The number of alkyl halides is 3. The highest BCUT2D eigenvalue weighted by Crippen LogP contribution is 2.43.